The van der Waals surface area contributed by atoms with Crippen LogP contribution in [0.2, 0.25) is 0 Å². The van der Waals surface area contributed by atoms with Crippen LogP contribution in [0.25, 0.3) is 10.8 Å². The topological polar surface area (TPSA) is 62.3 Å². The highest BCUT2D eigenvalue weighted by molar-refractivity contribution is 7.89. The van der Waals surface area contributed by atoms with Crippen LogP contribution in [0, 0.1) is 0 Å². The predicted octanol–water partition coefficient (Wildman–Crippen LogP) is 1.61. The van der Waals surface area contributed by atoms with E-state index >= 15 is 0 Å². The maximum atomic E-state index is 12.9. The highest BCUT2D eigenvalue weighted by atomic mass is 32.2. The van der Waals surface area contributed by atoms with Gasteiger partial charge in [0, 0.05) is 36.9 Å². The van der Waals surface area contributed by atoms with Crippen LogP contribution in [0.4, 0.5) is 0 Å². The van der Waals surface area contributed by atoms with Crippen molar-refractivity contribution in [3.8, 4) is 0 Å². The number of sulfonamides is 1. The molecule has 0 radical (unpaired) electrons. The van der Waals surface area contributed by atoms with Gasteiger partial charge in [0.15, 0.2) is 0 Å². The summed E-state index contributed by atoms with van der Waals surface area (Å²) in [7, 11) is -3.45. The quantitative estimate of drug-likeness (QED) is 0.915. The SMILES string of the molecule is C[C@@H]1CNCCCN1S(=O)(=O)c1ccc2cnccc2c1. The lowest BCUT2D eigenvalue weighted by atomic mass is 10.2. The van der Waals surface area contributed by atoms with Crippen LogP contribution in [0.1, 0.15) is 13.3 Å². The Labute approximate surface area is 125 Å². The van der Waals surface area contributed by atoms with Crippen LogP contribution in [-0.4, -0.2) is 43.4 Å². The van der Waals surface area contributed by atoms with Gasteiger partial charge in [0.1, 0.15) is 0 Å². The van der Waals surface area contributed by atoms with E-state index < -0.39 is 10.0 Å². The number of rotatable bonds is 2. The maximum Gasteiger partial charge on any atom is 0.243 e. The molecule has 0 amide bonds. The summed E-state index contributed by atoms with van der Waals surface area (Å²) in [5.41, 5.74) is 0. The molecule has 21 heavy (non-hydrogen) atoms. The monoisotopic (exact) mass is 305 g/mol. The number of nitrogens with one attached hydrogen (secondary N) is 1. The van der Waals surface area contributed by atoms with Gasteiger partial charge in [0.25, 0.3) is 0 Å². The smallest absolute Gasteiger partial charge is 0.243 e. The standard InChI is InChI=1S/C15H19N3O2S/c1-12-10-16-6-2-8-18(12)21(19,20)15-4-3-14-11-17-7-5-13(14)9-15/h3-5,7,9,11-12,16H,2,6,8,10H2,1H3/t12-/m1/s1. The fourth-order valence-electron chi connectivity index (χ4n) is 2.71. The number of aromatic nitrogens is 1. The summed E-state index contributed by atoms with van der Waals surface area (Å²) in [6.07, 6.45) is 4.25. The van der Waals surface area contributed by atoms with Crippen molar-refractivity contribution in [3.63, 3.8) is 0 Å². The summed E-state index contributed by atoms with van der Waals surface area (Å²) in [5, 5.41) is 5.11. The van der Waals surface area contributed by atoms with Crippen LogP contribution in [0.5, 0.6) is 0 Å². The lowest BCUT2D eigenvalue weighted by Gasteiger charge is -2.26. The number of nitrogens with zero attached hydrogens (tertiary/aromatic N) is 2. The van der Waals surface area contributed by atoms with Crippen molar-refractivity contribution in [2.45, 2.75) is 24.3 Å². The summed E-state index contributed by atoms with van der Waals surface area (Å²) >= 11 is 0. The fraction of sp³-hybridized carbons (Fsp3) is 0.400. The van der Waals surface area contributed by atoms with E-state index in [2.05, 4.69) is 10.3 Å². The molecule has 0 aliphatic carbocycles. The molecule has 1 aromatic carbocycles. The first-order chi connectivity index (χ1) is 10.1. The van der Waals surface area contributed by atoms with Crippen LogP contribution in [-0.2, 0) is 10.0 Å². The van der Waals surface area contributed by atoms with Crippen molar-refractivity contribution in [3.05, 3.63) is 36.7 Å². The molecule has 3 rings (SSSR count). The highest BCUT2D eigenvalue weighted by Crippen LogP contribution is 2.23. The van der Waals surface area contributed by atoms with E-state index in [1.165, 1.54) is 0 Å². The molecule has 6 heteroatoms. The first-order valence-corrected chi connectivity index (χ1v) is 8.59. The highest BCUT2D eigenvalue weighted by Gasteiger charge is 2.29. The molecule has 2 heterocycles. The first-order valence-electron chi connectivity index (χ1n) is 7.15. The van der Waals surface area contributed by atoms with Gasteiger partial charge in [-0.1, -0.05) is 6.07 Å². The third-order valence-corrected chi connectivity index (χ3v) is 5.89. The fourth-order valence-corrected chi connectivity index (χ4v) is 4.41. The summed E-state index contributed by atoms with van der Waals surface area (Å²) in [6.45, 7) is 4.06. The average Bonchev–Trinajstić information content (AvgIpc) is 2.71. The van der Waals surface area contributed by atoms with E-state index in [0.29, 0.717) is 18.0 Å². The van der Waals surface area contributed by atoms with Crippen LogP contribution in [0.15, 0.2) is 41.6 Å². The van der Waals surface area contributed by atoms with Crippen molar-refractivity contribution in [2.24, 2.45) is 0 Å². The zero-order valence-corrected chi connectivity index (χ0v) is 12.8. The van der Waals surface area contributed by atoms with Gasteiger partial charge in [-0.25, -0.2) is 8.42 Å². The van der Waals surface area contributed by atoms with Crippen LogP contribution < -0.4 is 5.32 Å². The molecule has 1 aromatic heterocycles. The number of pyridine rings is 1. The predicted molar refractivity (Wildman–Crippen MR) is 82.6 cm³/mol. The molecule has 1 fully saturated rings. The second kappa shape index (κ2) is 5.71. The molecule has 0 saturated carbocycles. The van der Waals surface area contributed by atoms with E-state index in [-0.39, 0.29) is 6.04 Å². The van der Waals surface area contributed by atoms with E-state index in [1.54, 1.807) is 28.8 Å². The Hall–Kier alpha value is -1.50. The number of hydrogen-bond acceptors (Lipinski definition) is 4. The van der Waals surface area contributed by atoms with Crippen molar-refractivity contribution < 1.29 is 8.42 Å². The lowest BCUT2D eigenvalue weighted by molar-refractivity contribution is 0.353. The minimum Gasteiger partial charge on any atom is -0.315 e. The molecular weight excluding hydrogens is 286 g/mol. The van der Waals surface area contributed by atoms with Gasteiger partial charge in [0.2, 0.25) is 10.0 Å². The third-order valence-electron chi connectivity index (χ3n) is 3.88. The number of fused-ring (bicyclic) bond motifs is 1. The van der Waals surface area contributed by atoms with Crippen molar-refractivity contribution >= 4 is 20.8 Å². The van der Waals surface area contributed by atoms with Crippen LogP contribution in [0.3, 0.4) is 0 Å². The zero-order valence-electron chi connectivity index (χ0n) is 12.0. The Morgan fingerprint density at radius 1 is 1.29 bits per heavy atom. The minimum absolute atomic E-state index is 0.0364. The molecule has 1 aliphatic rings. The average molecular weight is 305 g/mol. The van der Waals surface area contributed by atoms with Crippen molar-refractivity contribution in [1.82, 2.24) is 14.6 Å². The lowest BCUT2D eigenvalue weighted by Crippen LogP contribution is -2.41. The zero-order chi connectivity index (χ0) is 14.9. The molecule has 5 nitrogen and oxygen atoms in total. The molecule has 1 N–H and O–H groups in total. The molecule has 1 atom stereocenters. The molecule has 0 bridgehead atoms. The molecule has 2 aromatic rings. The molecule has 1 saturated heterocycles. The maximum absolute atomic E-state index is 12.9. The Balaban J connectivity index is 2.02. The summed E-state index contributed by atoms with van der Waals surface area (Å²) in [6, 6.07) is 7.02. The Kier molecular flexibility index (Phi) is 3.93. The van der Waals surface area contributed by atoms with Crippen molar-refractivity contribution in [2.75, 3.05) is 19.6 Å². The Bertz CT molecular complexity index is 745. The second-order valence-electron chi connectivity index (χ2n) is 5.41. The van der Waals surface area contributed by atoms with Gasteiger partial charge in [-0.05, 0) is 43.5 Å². The molecule has 0 spiro atoms. The molecule has 0 unspecified atom stereocenters. The third kappa shape index (κ3) is 2.79. The van der Waals surface area contributed by atoms with Gasteiger partial charge in [-0.15, -0.1) is 0 Å². The summed E-state index contributed by atoms with van der Waals surface area (Å²) in [4.78, 5) is 4.41. The molecular formula is C15H19N3O2S. The first kappa shape index (κ1) is 14.4. The Morgan fingerprint density at radius 3 is 3.00 bits per heavy atom. The largest absolute Gasteiger partial charge is 0.315 e. The minimum atomic E-state index is -3.45. The molecule has 1 aliphatic heterocycles. The summed E-state index contributed by atoms with van der Waals surface area (Å²) in [5.74, 6) is 0. The van der Waals surface area contributed by atoms with Gasteiger partial charge < -0.3 is 5.32 Å². The van der Waals surface area contributed by atoms with E-state index in [1.807, 2.05) is 19.1 Å². The van der Waals surface area contributed by atoms with Crippen LogP contribution >= 0.6 is 0 Å². The van der Waals surface area contributed by atoms with E-state index in [0.717, 1.165) is 23.7 Å². The second-order valence-corrected chi connectivity index (χ2v) is 7.30. The number of benzene rings is 1. The Morgan fingerprint density at radius 2 is 2.14 bits per heavy atom. The van der Waals surface area contributed by atoms with E-state index in [9.17, 15) is 8.42 Å². The van der Waals surface area contributed by atoms with Gasteiger partial charge in [0.05, 0.1) is 4.90 Å². The van der Waals surface area contributed by atoms with Gasteiger partial charge in [-0.2, -0.15) is 4.31 Å². The van der Waals surface area contributed by atoms with Gasteiger partial charge >= 0.3 is 0 Å². The summed E-state index contributed by atoms with van der Waals surface area (Å²) < 4.78 is 27.4. The normalized spacial score (nSPS) is 21.3. The van der Waals surface area contributed by atoms with Crippen molar-refractivity contribution in [1.29, 1.82) is 0 Å². The van der Waals surface area contributed by atoms with E-state index in [4.69, 9.17) is 0 Å². The molecule has 112 valence electrons. The van der Waals surface area contributed by atoms with Gasteiger partial charge in [-0.3, -0.25) is 4.98 Å². The number of hydrogen-bond donors (Lipinski definition) is 1.